The highest BCUT2D eigenvalue weighted by Gasteiger charge is 2.38. The lowest BCUT2D eigenvalue weighted by Gasteiger charge is -2.18. The number of halogens is 4. The third-order valence-corrected chi connectivity index (χ3v) is 4.65. The number of aliphatic hydroxyl groups is 1. The number of aromatic nitrogens is 2. The van der Waals surface area contributed by atoms with Crippen LogP contribution in [0.3, 0.4) is 0 Å². The fourth-order valence-corrected chi connectivity index (χ4v) is 2.96. The standard InChI is InChI=1S/C19H20ClN3O2.C2HF3O2/c1-13-3-2-9-23-18(25)11-16(22-19(13)23)12-21-17(8-10-24)14-4-6-15(20)7-5-14;3-2(4,5)1(6)7/h2-7,9,11,17,21,24H,8,10,12H2,1H3;(H,6,7). The van der Waals surface area contributed by atoms with Gasteiger partial charge in [-0.05, 0) is 42.7 Å². The van der Waals surface area contributed by atoms with Gasteiger partial charge in [0.15, 0.2) is 0 Å². The molecule has 1 atom stereocenters. The molecule has 0 saturated carbocycles. The summed E-state index contributed by atoms with van der Waals surface area (Å²) in [5.74, 6) is -2.76. The van der Waals surface area contributed by atoms with Gasteiger partial charge in [0.1, 0.15) is 5.65 Å². The van der Waals surface area contributed by atoms with Crippen LogP contribution in [0.1, 0.15) is 29.3 Å². The first-order valence-corrected chi connectivity index (χ1v) is 9.78. The van der Waals surface area contributed by atoms with Crippen LogP contribution in [-0.4, -0.2) is 38.4 Å². The van der Waals surface area contributed by atoms with Gasteiger partial charge in [-0.15, -0.1) is 0 Å². The number of carbonyl (C=O) groups is 1. The number of nitrogens with zero attached hydrogens (tertiary/aromatic N) is 2. The summed E-state index contributed by atoms with van der Waals surface area (Å²) in [7, 11) is 0. The number of carboxylic acid groups (broad SMARTS) is 1. The number of aryl methyl sites for hydroxylation is 1. The van der Waals surface area contributed by atoms with Crippen LogP contribution in [0.25, 0.3) is 5.65 Å². The predicted octanol–water partition coefficient (Wildman–Crippen LogP) is 3.50. The van der Waals surface area contributed by atoms with Crippen LogP contribution in [0, 0.1) is 6.92 Å². The average Bonchev–Trinajstić information content (AvgIpc) is 2.72. The lowest BCUT2D eigenvalue weighted by Crippen LogP contribution is -2.24. The smallest absolute Gasteiger partial charge is 0.475 e. The van der Waals surface area contributed by atoms with Gasteiger partial charge in [0.2, 0.25) is 0 Å². The highest BCUT2D eigenvalue weighted by atomic mass is 35.5. The van der Waals surface area contributed by atoms with Gasteiger partial charge in [-0.1, -0.05) is 29.8 Å². The van der Waals surface area contributed by atoms with Gasteiger partial charge < -0.3 is 15.5 Å². The van der Waals surface area contributed by atoms with Crippen LogP contribution in [0.15, 0.2) is 53.5 Å². The average molecular weight is 472 g/mol. The quantitative estimate of drug-likeness (QED) is 0.508. The summed E-state index contributed by atoms with van der Waals surface area (Å²) in [5.41, 5.74) is 3.22. The summed E-state index contributed by atoms with van der Waals surface area (Å²) >= 11 is 5.94. The van der Waals surface area contributed by atoms with E-state index in [1.165, 1.54) is 6.07 Å². The third kappa shape index (κ3) is 7.04. The molecule has 0 aliphatic rings. The number of benzene rings is 1. The zero-order valence-corrected chi connectivity index (χ0v) is 17.7. The largest absolute Gasteiger partial charge is 0.490 e. The first-order chi connectivity index (χ1) is 15.0. The Morgan fingerprint density at radius 2 is 1.88 bits per heavy atom. The maximum Gasteiger partial charge on any atom is 0.490 e. The minimum atomic E-state index is -5.08. The molecule has 172 valence electrons. The Bertz CT molecular complexity index is 1120. The summed E-state index contributed by atoms with van der Waals surface area (Å²) in [4.78, 5) is 25.8. The Hall–Kier alpha value is -2.95. The normalized spacial score (nSPS) is 12.2. The van der Waals surface area contributed by atoms with E-state index in [4.69, 9.17) is 21.5 Å². The molecule has 0 saturated heterocycles. The predicted molar refractivity (Wildman–Crippen MR) is 113 cm³/mol. The SMILES string of the molecule is Cc1cccn2c(=O)cc(CNC(CCO)c3ccc(Cl)cc3)nc12.O=C(O)C(F)(F)F. The lowest BCUT2D eigenvalue weighted by molar-refractivity contribution is -0.192. The Morgan fingerprint density at radius 1 is 1.25 bits per heavy atom. The summed E-state index contributed by atoms with van der Waals surface area (Å²) < 4.78 is 33.3. The third-order valence-electron chi connectivity index (χ3n) is 4.40. The summed E-state index contributed by atoms with van der Waals surface area (Å²) in [5, 5.41) is 20.5. The van der Waals surface area contributed by atoms with E-state index in [2.05, 4.69) is 10.3 Å². The van der Waals surface area contributed by atoms with Gasteiger partial charge in [-0.3, -0.25) is 9.20 Å². The van der Waals surface area contributed by atoms with Gasteiger partial charge in [0.25, 0.3) is 5.56 Å². The second kappa shape index (κ2) is 11.1. The van der Waals surface area contributed by atoms with Crippen molar-refractivity contribution in [3.8, 4) is 0 Å². The topological polar surface area (TPSA) is 104 Å². The van der Waals surface area contributed by atoms with Crippen molar-refractivity contribution in [2.45, 2.75) is 32.1 Å². The maximum absolute atomic E-state index is 12.3. The molecule has 3 aromatic rings. The van der Waals surface area contributed by atoms with Crippen molar-refractivity contribution in [3.05, 3.63) is 80.9 Å². The van der Waals surface area contributed by atoms with Gasteiger partial charge >= 0.3 is 12.1 Å². The van der Waals surface area contributed by atoms with Crippen LogP contribution in [0.4, 0.5) is 13.2 Å². The zero-order valence-electron chi connectivity index (χ0n) is 16.9. The molecule has 0 aliphatic carbocycles. The van der Waals surface area contributed by atoms with E-state index in [1.807, 2.05) is 43.3 Å². The highest BCUT2D eigenvalue weighted by molar-refractivity contribution is 6.30. The Morgan fingerprint density at radius 3 is 2.44 bits per heavy atom. The van der Waals surface area contributed by atoms with Crippen molar-refractivity contribution in [1.82, 2.24) is 14.7 Å². The molecule has 1 unspecified atom stereocenters. The van der Waals surface area contributed by atoms with Crippen molar-refractivity contribution < 1.29 is 28.2 Å². The second-order valence-electron chi connectivity index (χ2n) is 6.77. The van der Waals surface area contributed by atoms with E-state index in [0.29, 0.717) is 29.3 Å². The van der Waals surface area contributed by atoms with Crippen LogP contribution in [-0.2, 0) is 11.3 Å². The maximum atomic E-state index is 12.3. The molecule has 2 heterocycles. The number of aliphatic hydroxyl groups excluding tert-OH is 1. The molecule has 0 radical (unpaired) electrons. The summed E-state index contributed by atoms with van der Waals surface area (Å²) in [6.07, 6.45) is -2.80. The molecule has 7 nitrogen and oxygen atoms in total. The first kappa shape index (κ1) is 25.3. The van der Waals surface area contributed by atoms with Crippen molar-refractivity contribution in [3.63, 3.8) is 0 Å². The monoisotopic (exact) mass is 471 g/mol. The van der Waals surface area contributed by atoms with E-state index < -0.39 is 12.1 Å². The fourth-order valence-electron chi connectivity index (χ4n) is 2.84. The zero-order chi connectivity index (χ0) is 23.9. The number of alkyl halides is 3. The first-order valence-electron chi connectivity index (χ1n) is 9.40. The van der Waals surface area contributed by atoms with Crippen molar-refractivity contribution in [2.75, 3.05) is 6.61 Å². The van der Waals surface area contributed by atoms with E-state index in [1.54, 1.807) is 10.6 Å². The van der Waals surface area contributed by atoms with Crippen molar-refractivity contribution in [1.29, 1.82) is 0 Å². The molecule has 0 spiro atoms. The minimum Gasteiger partial charge on any atom is -0.475 e. The van der Waals surface area contributed by atoms with Crippen LogP contribution in [0.2, 0.25) is 5.02 Å². The van der Waals surface area contributed by atoms with E-state index in [-0.39, 0.29) is 18.2 Å². The van der Waals surface area contributed by atoms with Crippen LogP contribution < -0.4 is 10.9 Å². The molecular weight excluding hydrogens is 451 g/mol. The lowest BCUT2D eigenvalue weighted by atomic mass is 10.0. The molecule has 0 fully saturated rings. The molecule has 3 N–H and O–H groups in total. The molecule has 3 rings (SSSR count). The number of fused-ring (bicyclic) bond motifs is 1. The number of pyridine rings is 1. The Kier molecular flexibility index (Phi) is 8.76. The second-order valence-corrected chi connectivity index (χ2v) is 7.21. The molecule has 1 aromatic carbocycles. The van der Waals surface area contributed by atoms with Crippen LogP contribution >= 0.6 is 11.6 Å². The number of rotatable bonds is 6. The summed E-state index contributed by atoms with van der Waals surface area (Å²) in [6, 6.07) is 12.8. The summed E-state index contributed by atoms with van der Waals surface area (Å²) in [6.45, 7) is 2.43. The van der Waals surface area contributed by atoms with Crippen LogP contribution in [0.5, 0.6) is 0 Å². The molecule has 11 heteroatoms. The molecular formula is C21H21ClF3N3O4. The number of carboxylic acids is 1. The van der Waals surface area contributed by atoms with E-state index in [9.17, 15) is 23.1 Å². The van der Waals surface area contributed by atoms with Gasteiger partial charge in [0.05, 0.1) is 5.69 Å². The number of hydrogen-bond donors (Lipinski definition) is 3. The molecule has 0 bridgehead atoms. The Balaban J connectivity index is 0.000000451. The number of nitrogens with one attached hydrogen (secondary N) is 1. The number of aliphatic carboxylic acids is 1. The van der Waals surface area contributed by atoms with E-state index >= 15 is 0 Å². The molecule has 2 aromatic heterocycles. The molecule has 0 amide bonds. The fraction of sp³-hybridized carbons (Fsp3) is 0.286. The van der Waals surface area contributed by atoms with E-state index in [0.717, 1.165) is 11.1 Å². The van der Waals surface area contributed by atoms with Gasteiger partial charge in [0, 0.05) is 36.5 Å². The van der Waals surface area contributed by atoms with Crippen molar-refractivity contribution in [2.24, 2.45) is 0 Å². The molecule has 0 aliphatic heterocycles. The van der Waals surface area contributed by atoms with Gasteiger partial charge in [-0.25, -0.2) is 9.78 Å². The molecule has 32 heavy (non-hydrogen) atoms. The Labute approximate surface area is 186 Å². The van der Waals surface area contributed by atoms with Gasteiger partial charge in [-0.2, -0.15) is 13.2 Å². The highest BCUT2D eigenvalue weighted by Crippen LogP contribution is 2.19. The minimum absolute atomic E-state index is 0.0422. The van der Waals surface area contributed by atoms with Crippen molar-refractivity contribution >= 4 is 23.2 Å². The number of hydrogen-bond acceptors (Lipinski definition) is 5.